The van der Waals surface area contributed by atoms with Crippen LogP contribution in [0.2, 0.25) is 0 Å². The number of hydrogen-bond donors (Lipinski definition) is 1. The Morgan fingerprint density at radius 2 is 1.61 bits per heavy atom. The van der Waals surface area contributed by atoms with Crippen LogP contribution in [0.25, 0.3) is 6.08 Å². The van der Waals surface area contributed by atoms with E-state index in [2.05, 4.69) is 12.1 Å². The average molecular weight is 565 g/mol. The number of nitrogens with zero attached hydrogens (tertiary/aromatic N) is 2. The summed E-state index contributed by atoms with van der Waals surface area (Å²) in [6.45, 7) is 0.767. The van der Waals surface area contributed by atoms with Gasteiger partial charge in [-0.15, -0.1) is 0 Å². The highest BCUT2D eigenvalue weighted by Crippen LogP contribution is 2.36. The summed E-state index contributed by atoms with van der Waals surface area (Å²) >= 11 is 1.35. The Balaban J connectivity index is 1.34. The summed E-state index contributed by atoms with van der Waals surface area (Å²) < 4.78 is 11.5. The number of methoxy groups -OCH3 is 1. The summed E-state index contributed by atoms with van der Waals surface area (Å²) in [6, 6.07) is 31.7. The third-order valence-electron chi connectivity index (χ3n) is 6.42. The fraction of sp³-hybridized carbons (Fsp3) is 0.121. The highest BCUT2D eigenvalue weighted by molar-refractivity contribution is 8.18. The van der Waals surface area contributed by atoms with Gasteiger partial charge in [-0.1, -0.05) is 66.7 Å². The number of carboxylic acids is 1. The van der Waals surface area contributed by atoms with E-state index in [-0.39, 0.29) is 18.1 Å². The minimum Gasteiger partial charge on any atom is -0.493 e. The van der Waals surface area contributed by atoms with Crippen molar-refractivity contribution in [2.75, 3.05) is 13.7 Å². The SMILES string of the molecule is COc1cc(/C=C2\SC(=Nc3ccccc3)N(CCc3ccccc3)C2=O)ccc1OCc1ccc(C(=O)O)cc1. The molecule has 5 rings (SSSR count). The Kier molecular flexibility index (Phi) is 8.81. The van der Waals surface area contributed by atoms with Crippen LogP contribution in [0.1, 0.15) is 27.0 Å². The Morgan fingerprint density at radius 3 is 2.29 bits per heavy atom. The summed E-state index contributed by atoms with van der Waals surface area (Å²) in [5.41, 5.74) is 3.78. The molecule has 0 aromatic heterocycles. The molecule has 1 N–H and O–H groups in total. The van der Waals surface area contributed by atoms with Gasteiger partial charge in [0.05, 0.1) is 23.3 Å². The van der Waals surface area contributed by atoms with Crippen molar-refractivity contribution in [1.29, 1.82) is 0 Å². The van der Waals surface area contributed by atoms with Crippen molar-refractivity contribution in [1.82, 2.24) is 4.90 Å². The molecule has 0 saturated carbocycles. The van der Waals surface area contributed by atoms with E-state index < -0.39 is 5.97 Å². The summed E-state index contributed by atoms with van der Waals surface area (Å²) in [4.78, 5) is 31.7. The van der Waals surface area contributed by atoms with Crippen molar-refractivity contribution in [2.24, 2.45) is 4.99 Å². The van der Waals surface area contributed by atoms with Gasteiger partial charge >= 0.3 is 5.97 Å². The first-order valence-corrected chi connectivity index (χ1v) is 13.8. The van der Waals surface area contributed by atoms with Crippen LogP contribution in [0.3, 0.4) is 0 Å². The van der Waals surface area contributed by atoms with Crippen LogP contribution < -0.4 is 9.47 Å². The minimum atomic E-state index is -0.972. The van der Waals surface area contributed by atoms with E-state index in [4.69, 9.17) is 19.6 Å². The first-order chi connectivity index (χ1) is 20.0. The normalized spacial score (nSPS) is 15.0. The summed E-state index contributed by atoms with van der Waals surface area (Å²) in [7, 11) is 1.56. The lowest BCUT2D eigenvalue weighted by Crippen LogP contribution is -2.31. The molecule has 1 aliphatic heterocycles. The molecule has 8 heteroatoms. The van der Waals surface area contributed by atoms with E-state index >= 15 is 0 Å². The van der Waals surface area contributed by atoms with E-state index in [0.29, 0.717) is 34.5 Å². The van der Waals surface area contributed by atoms with Crippen LogP contribution in [-0.2, 0) is 17.8 Å². The van der Waals surface area contributed by atoms with Gasteiger partial charge in [0.25, 0.3) is 5.91 Å². The van der Waals surface area contributed by atoms with Crippen molar-refractivity contribution in [3.05, 3.63) is 130 Å². The molecule has 41 heavy (non-hydrogen) atoms. The number of amidine groups is 1. The van der Waals surface area contributed by atoms with Crippen LogP contribution in [-0.4, -0.2) is 40.7 Å². The molecular formula is C33H28N2O5S. The van der Waals surface area contributed by atoms with Crippen molar-refractivity contribution in [2.45, 2.75) is 13.0 Å². The summed E-state index contributed by atoms with van der Waals surface area (Å²) in [5.74, 6) is -0.000480. The molecule has 0 radical (unpaired) electrons. The monoisotopic (exact) mass is 564 g/mol. The van der Waals surface area contributed by atoms with Crippen molar-refractivity contribution < 1.29 is 24.2 Å². The number of aromatic carboxylic acids is 1. The van der Waals surface area contributed by atoms with Crippen molar-refractivity contribution >= 4 is 40.6 Å². The van der Waals surface area contributed by atoms with Gasteiger partial charge in [0, 0.05) is 6.54 Å². The number of carbonyl (C=O) groups is 2. The van der Waals surface area contributed by atoms with Gasteiger partial charge < -0.3 is 14.6 Å². The van der Waals surface area contributed by atoms with Gasteiger partial charge in [0.1, 0.15) is 6.61 Å². The first kappa shape index (κ1) is 27.7. The molecule has 0 atom stereocenters. The van der Waals surface area contributed by atoms with E-state index in [9.17, 15) is 9.59 Å². The molecule has 4 aromatic rings. The predicted octanol–water partition coefficient (Wildman–Crippen LogP) is 6.82. The second-order valence-electron chi connectivity index (χ2n) is 9.23. The van der Waals surface area contributed by atoms with Gasteiger partial charge in [-0.05, 0) is 77.3 Å². The third kappa shape index (κ3) is 7.04. The summed E-state index contributed by atoms with van der Waals surface area (Å²) in [5, 5.41) is 9.72. The molecule has 0 unspecified atom stereocenters. The van der Waals surface area contributed by atoms with Crippen LogP contribution in [0, 0.1) is 0 Å². The molecule has 1 aliphatic rings. The average Bonchev–Trinajstić information content (AvgIpc) is 3.29. The van der Waals surface area contributed by atoms with Crippen molar-refractivity contribution in [3.63, 3.8) is 0 Å². The van der Waals surface area contributed by atoms with Crippen LogP contribution in [0.15, 0.2) is 113 Å². The number of hydrogen-bond acceptors (Lipinski definition) is 6. The highest BCUT2D eigenvalue weighted by atomic mass is 32.2. The van der Waals surface area contributed by atoms with Gasteiger partial charge in [-0.25, -0.2) is 9.79 Å². The molecule has 206 valence electrons. The molecule has 0 bridgehead atoms. The zero-order valence-electron chi connectivity index (χ0n) is 22.4. The smallest absolute Gasteiger partial charge is 0.335 e. The maximum absolute atomic E-state index is 13.5. The molecule has 1 heterocycles. The van der Waals surface area contributed by atoms with Gasteiger partial charge in [0.2, 0.25) is 0 Å². The number of carbonyl (C=O) groups excluding carboxylic acids is 1. The van der Waals surface area contributed by atoms with Gasteiger partial charge in [-0.2, -0.15) is 0 Å². The number of benzene rings is 4. The van der Waals surface area contributed by atoms with Crippen LogP contribution in [0.4, 0.5) is 5.69 Å². The number of rotatable bonds is 10. The van der Waals surface area contributed by atoms with E-state index in [1.807, 2.05) is 66.7 Å². The maximum atomic E-state index is 13.5. The predicted molar refractivity (Wildman–Crippen MR) is 162 cm³/mol. The minimum absolute atomic E-state index is 0.0929. The Bertz CT molecular complexity index is 1590. The fourth-order valence-electron chi connectivity index (χ4n) is 4.24. The first-order valence-electron chi connectivity index (χ1n) is 13.0. The number of para-hydroxylation sites is 1. The topological polar surface area (TPSA) is 88.4 Å². The Hall–Kier alpha value is -4.82. The van der Waals surface area contributed by atoms with Crippen LogP contribution >= 0.6 is 11.8 Å². The molecule has 1 amide bonds. The fourth-order valence-corrected chi connectivity index (χ4v) is 5.26. The number of aliphatic imine (C=N–C) groups is 1. The number of carboxylic acid groups (broad SMARTS) is 1. The zero-order valence-corrected chi connectivity index (χ0v) is 23.2. The lowest BCUT2D eigenvalue weighted by Gasteiger charge is -2.15. The number of thioether (sulfide) groups is 1. The molecule has 1 saturated heterocycles. The van der Waals surface area contributed by atoms with E-state index in [1.165, 1.54) is 11.8 Å². The highest BCUT2D eigenvalue weighted by Gasteiger charge is 2.33. The quantitative estimate of drug-likeness (QED) is 0.213. The lowest BCUT2D eigenvalue weighted by molar-refractivity contribution is -0.122. The Labute approximate surface area is 242 Å². The third-order valence-corrected chi connectivity index (χ3v) is 7.42. The summed E-state index contributed by atoms with van der Waals surface area (Å²) in [6.07, 6.45) is 2.56. The lowest BCUT2D eigenvalue weighted by atomic mass is 10.1. The Morgan fingerprint density at radius 1 is 0.902 bits per heavy atom. The van der Waals surface area contributed by atoms with Crippen molar-refractivity contribution in [3.8, 4) is 11.5 Å². The molecule has 0 spiro atoms. The zero-order chi connectivity index (χ0) is 28.6. The standard InChI is InChI=1S/C33H28N2O5S/c1-39-29-20-25(14-17-28(29)40-22-24-12-15-26(16-13-24)32(37)38)21-30-31(36)35(19-18-23-8-4-2-5-9-23)33(41-30)34-27-10-6-3-7-11-27/h2-17,20-21H,18-19,22H2,1H3,(H,37,38)/b30-21-,34-33?. The van der Waals surface area contributed by atoms with E-state index in [1.54, 1.807) is 42.3 Å². The van der Waals surface area contributed by atoms with Crippen LogP contribution in [0.5, 0.6) is 11.5 Å². The number of ether oxygens (including phenoxy) is 2. The maximum Gasteiger partial charge on any atom is 0.335 e. The second kappa shape index (κ2) is 13.0. The van der Waals surface area contributed by atoms with Gasteiger partial charge in [0.15, 0.2) is 16.7 Å². The molecule has 7 nitrogen and oxygen atoms in total. The largest absolute Gasteiger partial charge is 0.493 e. The molecule has 0 aliphatic carbocycles. The molecular weight excluding hydrogens is 536 g/mol. The number of amides is 1. The molecule has 4 aromatic carbocycles. The molecule has 1 fully saturated rings. The van der Waals surface area contributed by atoms with E-state index in [0.717, 1.165) is 22.4 Å². The van der Waals surface area contributed by atoms with Gasteiger partial charge in [-0.3, -0.25) is 9.69 Å². The second-order valence-corrected chi connectivity index (χ2v) is 10.2.